The van der Waals surface area contributed by atoms with Crippen molar-refractivity contribution in [3.63, 3.8) is 0 Å². The number of alkyl halides is 3. The smallest absolute Gasteiger partial charge is 0.382 e. The third-order valence-corrected chi connectivity index (χ3v) is 6.71. The molecule has 38 heavy (non-hydrogen) atoms. The lowest BCUT2D eigenvalue weighted by Crippen LogP contribution is -2.44. The molecule has 10 heteroatoms. The van der Waals surface area contributed by atoms with Crippen LogP contribution in [-0.4, -0.2) is 48.0 Å². The third kappa shape index (κ3) is 8.88. The molecular formula is C28H32F3N3O3S. The number of nitrogens with one attached hydrogen (secondary N) is 1. The molecule has 0 saturated carbocycles. The highest BCUT2D eigenvalue weighted by atomic mass is 32.1. The predicted octanol–water partition coefficient (Wildman–Crippen LogP) is 6.56. The number of nitrogens with zero attached hydrogens (tertiary/aromatic N) is 2. The molecule has 0 aliphatic rings. The topological polar surface area (TPSA) is 61.9 Å². The van der Waals surface area contributed by atoms with Crippen LogP contribution in [0.4, 0.5) is 23.7 Å². The van der Waals surface area contributed by atoms with Crippen LogP contribution in [0.3, 0.4) is 0 Å². The van der Waals surface area contributed by atoms with E-state index in [2.05, 4.69) is 5.32 Å². The summed E-state index contributed by atoms with van der Waals surface area (Å²) in [5.41, 5.74) is -0.379. The van der Waals surface area contributed by atoms with Crippen molar-refractivity contribution in [2.75, 3.05) is 31.6 Å². The molecule has 0 atom stereocenters. The van der Waals surface area contributed by atoms with Crippen LogP contribution in [0.2, 0.25) is 0 Å². The zero-order valence-corrected chi connectivity index (χ0v) is 22.3. The highest BCUT2D eigenvalue weighted by Crippen LogP contribution is 2.34. The van der Waals surface area contributed by atoms with Gasteiger partial charge in [0, 0.05) is 36.1 Å². The number of carbonyl (C=O) groups is 2. The fourth-order valence-electron chi connectivity index (χ4n) is 3.85. The lowest BCUT2D eigenvalue weighted by Gasteiger charge is -2.28. The number of benzene rings is 2. The molecule has 0 aliphatic heterocycles. The zero-order valence-electron chi connectivity index (χ0n) is 21.5. The lowest BCUT2D eigenvalue weighted by atomic mass is 10.1. The molecule has 204 valence electrons. The highest BCUT2D eigenvalue weighted by Gasteiger charge is 2.34. The van der Waals surface area contributed by atoms with E-state index in [0.29, 0.717) is 32.7 Å². The number of rotatable bonds is 12. The molecule has 0 fully saturated rings. The van der Waals surface area contributed by atoms with Crippen molar-refractivity contribution in [1.29, 1.82) is 0 Å². The predicted molar refractivity (Wildman–Crippen MR) is 143 cm³/mol. The quantitative estimate of drug-likeness (QED) is 0.261. The lowest BCUT2D eigenvalue weighted by molar-refractivity contribution is -0.137. The Kier molecular flexibility index (Phi) is 10.7. The standard InChI is InChI=1S/C28H32F3N3O3S/c1-3-37-17-9-16-33(27(36)32-25-13-8-7-12-24(25)28(29,30)31)20-26(35)34(18-22-10-5-4-6-11-22)19-23-15-14-21(2)38-23/h4-8,10-15H,3,9,16-20H2,1-2H3,(H,32,36). The van der Waals surface area contributed by atoms with Gasteiger partial charge in [-0.25, -0.2) is 4.79 Å². The Hall–Kier alpha value is -3.37. The number of hydrogen-bond donors (Lipinski definition) is 1. The van der Waals surface area contributed by atoms with E-state index in [9.17, 15) is 22.8 Å². The number of urea groups is 1. The van der Waals surface area contributed by atoms with Crippen LogP contribution in [-0.2, 0) is 28.8 Å². The minimum absolute atomic E-state index is 0.142. The number of halogens is 3. The summed E-state index contributed by atoms with van der Waals surface area (Å²) in [6.07, 6.45) is -4.21. The second-order valence-corrected chi connectivity index (χ2v) is 10.1. The first-order valence-electron chi connectivity index (χ1n) is 12.3. The van der Waals surface area contributed by atoms with Crippen LogP contribution in [0.1, 0.15) is 34.2 Å². The van der Waals surface area contributed by atoms with Gasteiger partial charge < -0.3 is 19.9 Å². The second-order valence-electron chi connectivity index (χ2n) is 8.69. The Labute approximate surface area is 225 Å². The van der Waals surface area contributed by atoms with Crippen LogP contribution in [0.25, 0.3) is 0 Å². The van der Waals surface area contributed by atoms with Gasteiger partial charge in [0.2, 0.25) is 5.91 Å². The fourth-order valence-corrected chi connectivity index (χ4v) is 4.75. The van der Waals surface area contributed by atoms with Gasteiger partial charge in [0.1, 0.15) is 6.54 Å². The molecule has 2 aromatic carbocycles. The molecule has 0 bridgehead atoms. The van der Waals surface area contributed by atoms with E-state index in [1.807, 2.05) is 56.3 Å². The first kappa shape index (κ1) is 29.2. The van der Waals surface area contributed by atoms with Gasteiger partial charge >= 0.3 is 12.2 Å². The number of para-hydroxylation sites is 1. The molecule has 0 unspecified atom stereocenters. The van der Waals surface area contributed by atoms with Crippen molar-refractivity contribution in [3.05, 3.63) is 87.6 Å². The number of carbonyl (C=O) groups excluding carboxylic acids is 2. The maximum atomic E-state index is 13.5. The molecule has 6 nitrogen and oxygen atoms in total. The van der Waals surface area contributed by atoms with Crippen molar-refractivity contribution in [2.45, 2.75) is 39.5 Å². The van der Waals surface area contributed by atoms with Crippen molar-refractivity contribution in [2.24, 2.45) is 0 Å². The van der Waals surface area contributed by atoms with Crippen molar-refractivity contribution >= 4 is 29.0 Å². The summed E-state index contributed by atoms with van der Waals surface area (Å²) in [4.78, 5) is 31.7. The summed E-state index contributed by atoms with van der Waals surface area (Å²) >= 11 is 1.58. The molecular weight excluding hydrogens is 515 g/mol. The third-order valence-electron chi connectivity index (χ3n) is 5.72. The van der Waals surface area contributed by atoms with Crippen molar-refractivity contribution in [1.82, 2.24) is 9.80 Å². The summed E-state index contributed by atoms with van der Waals surface area (Å²) in [6.45, 7) is 5.23. The van der Waals surface area contributed by atoms with Gasteiger partial charge in [0.25, 0.3) is 0 Å². The van der Waals surface area contributed by atoms with Crippen molar-refractivity contribution < 1.29 is 27.5 Å². The molecule has 0 spiro atoms. The maximum absolute atomic E-state index is 13.5. The van der Waals surface area contributed by atoms with E-state index in [0.717, 1.165) is 21.4 Å². The van der Waals surface area contributed by atoms with E-state index in [4.69, 9.17) is 4.74 Å². The maximum Gasteiger partial charge on any atom is 0.418 e. The highest BCUT2D eigenvalue weighted by molar-refractivity contribution is 7.11. The molecule has 1 aromatic heterocycles. The van der Waals surface area contributed by atoms with Crippen LogP contribution in [0.15, 0.2) is 66.7 Å². The fraction of sp³-hybridized carbons (Fsp3) is 0.357. The van der Waals surface area contributed by atoms with E-state index in [-0.39, 0.29) is 24.7 Å². The minimum atomic E-state index is -4.63. The molecule has 3 aromatic rings. The summed E-state index contributed by atoms with van der Waals surface area (Å²) in [5, 5.41) is 2.36. The average molecular weight is 548 g/mol. The number of ether oxygens (including phenoxy) is 1. The molecule has 0 aliphatic carbocycles. The SMILES string of the molecule is CCOCCCN(CC(=O)N(Cc1ccccc1)Cc1ccc(C)s1)C(=O)Nc1ccccc1C(F)(F)F. The van der Waals surface area contributed by atoms with Gasteiger partial charge in [0.05, 0.1) is 17.8 Å². The second kappa shape index (κ2) is 14.0. The van der Waals surface area contributed by atoms with E-state index in [1.54, 1.807) is 16.2 Å². The van der Waals surface area contributed by atoms with E-state index >= 15 is 0 Å². The van der Waals surface area contributed by atoms with Gasteiger partial charge in [-0.1, -0.05) is 42.5 Å². The van der Waals surface area contributed by atoms with Gasteiger partial charge in [-0.3, -0.25) is 4.79 Å². The Morgan fingerprint density at radius 2 is 1.66 bits per heavy atom. The minimum Gasteiger partial charge on any atom is -0.382 e. The van der Waals surface area contributed by atoms with Crippen molar-refractivity contribution in [3.8, 4) is 0 Å². The first-order chi connectivity index (χ1) is 18.2. The molecule has 0 saturated heterocycles. The Morgan fingerprint density at radius 1 is 0.947 bits per heavy atom. The average Bonchev–Trinajstić information content (AvgIpc) is 3.30. The monoisotopic (exact) mass is 547 g/mol. The Balaban J connectivity index is 1.80. The van der Waals surface area contributed by atoms with Crippen LogP contribution in [0, 0.1) is 6.92 Å². The number of amides is 3. The Bertz CT molecular complexity index is 1180. The van der Waals surface area contributed by atoms with Crippen LogP contribution >= 0.6 is 11.3 Å². The molecule has 1 heterocycles. The Morgan fingerprint density at radius 3 is 2.32 bits per heavy atom. The number of anilines is 1. The number of thiophene rings is 1. The van der Waals surface area contributed by atoms with Gasteiger partial charge in [-0.15, -0.1) is 11.3 Å². The van der Waals surface area contributed by atoms with Gasteiger partial charge in [0.15, 0.2) is 0 Å². The number of aryl methyl sites for hydroxylation is 1. The molecule has 3 amide bonds. The summed E-state index contributed by atoms with van der Waals surface area (Å²) in [7, 11) is 0. The van der Waals surface area contributed by atoms with Gasteiger partial charge in [-0.2, -0.15) is 13.2 Å². The van der Waals surface area contributed by atoms with Gasteiger partial charge in [-0.05, 0) is 50.1 Å². The van der Waals surface area contributed by atoms with E-state index in [1.165, 1.54) is 23.1 Å². The van der Waals surface area contributed by atoms with E-state index < -0.39 is 17.8 Å². The van der Waals surface area contributed by atoms with Crippen LogP contribution < -0.4 is 5.32 Å². The number of hydrogen-bond acceptors (Lipinski definition) is 4. The molecule has 1 N–H and O–H groups in total. The zero-order chi connectivity index (χ0) is 27.5. The molecule has 0 radical (unpaired) electrons. The molecule has 3 rings (SSSR count). The largest absolute Gasteiger partial charge is 0.418 e. The summed E-state index contributed by atoms with van der Waals surface area (Å²) in [5.74, 6) is -0.310. The summed E-state index contributed by atoms with van der Waals surface area (Å²) in [6, 6.07) is 17.4. The van der Waals surface area contributed by atoms with Crippen LogP contribution in [0.5, 0.6) is 0 Å². The normalized spacial score (nSPS) is 11.3. The first-order valence-corrected chi connectivity index (χ1v) is 13.2. The summed E-state index contributed by atoms with van der Waals surface area (Å²) < 4.78 is 45.8.